The molecule has 0 saturated heterocycles. The molecule has 2 rings (SSSR count). The summed E-state index contributed by atoms with van der Waals surface area (Å²) < 4.78 is 38.6. The Hall–Kier alpha value is -2.58. The summed E-state index contributed by atoms with van der Waals surface area (Å²) in [6.07, 6.45) is -0.306. The van der Waals surface area contributed by atoms with Crippen LogP contribution in [-0.2, 0) is 14.8 Å². The summed E-state index contributed by atoms with van der Waals surface area (Å²) in [5.74, 6) is 0.567. The van der Waals surface area contributed by atoms with Gasteiger partial charge in [0.15, 0.2) is 6.10 Å². The van der Waals surface area contributed by atoms with Crippen LogP contribution in [0.15, 0.2) is 41.3 Å². The highest BCUT2D eigenvalue weighted by molar-refractivity contribution is 7.89. The average molecular weight is 435 g/mol. The number of aryl methyl sites for hydroxylation is 2. The Bertz CT molecular complexity index is 1000. The number of sulfonamides is 1. The van der Waals surface area contributed by atoms with Gasteiger partial charge in [0.25, 0.3) is 5.91 Å². The number of carbonyl (C=O) groups excluding carboxylic acids is 1. The predicted molar refractivity (Wildman–Crippen MR) is 118 cm³/mol. The van der Waals surface area contributed by atoms with Gasteiger partial charge in [-0.3, -0.25) is 4.79 Å². The van der Waals surface area contributed by atoms with Gasteiger partial charge in [-0.2, -0.15) is 0 Å². The van der Waals surface area contributed by atoms with Crippen molar-refractivity contribution in [1.82, 2.24) is 4.72 Å². The minimum atomic E-state index is -3.71. The zero-order valence-electron chi connectivity index (χ0n) is 18.3. The van der Waals surface area contributed by atoms with Crippen molar-refractivity contribution in [2.45, 2.75) is 58.1 Å². The number of ether oxygens (including phenoxy) is 2. The van der Waals surface area contributed by atoms with E-state index in [4.69, 9.17) is 9.47 Å². The number of carbonyl (C=O) groups is 1. The third-order valence-electron chi connectivity index (χ3n) is 4.55. The van der Waals surface area contributed by atoms with Gasteiger partial charge in [-0.25, -0.2) is 13.1 Å². The highest BCUT2D eigenvalue weighted by Gasteiger charge is 2.22. The van der Waals surface area contributed by atoms with Gasteiger partial charge in [0.2, 0.25) is 10.0 Å². The summed E-state index contributed by atoms with van der Waals surface area (Å²) in [4.78, 5) is 12.9. The Morgan fingerprint density at radius 1 is 1.07 bits per heavy atom. The Morgan fingerprint density at radius 3 is 2.33 bits per heavy atom. The molecule has 1 amide bonds. The molecule has 7 nitrogen and oxygen atoms in total. The van der Waals surface area contributed by atoms with Crippen molar-refractivity contribution >= 4 is 21.6 Å². The number of anilines is 1. The molecule has 0 aromatic heterocycles. The second-order valence-corrected chi connectivity index (χ2v) is 9.10. The minimum Gasteiger partial charge on any atom is -0.495 e. The van der Waals surface area contributed by atoms with E-state index in [1.165, 1.54) is 25.3 Å². The van der Waals surface area contributed by atoms with E-state index in [1.807, 2.05) is 39.0 Å². The zero-order chi connectivity index (χ0) is 22.5. The van der Waals surface area contributed by atoms with Crippen LogP contribution in [0.5, 0.6) is 11.5 Å². The molecule has 0 unspecified atom stereocenters. The summed E-state index contributed by atoms with van der Waals surface area (Å²) in [6, 6.07) is 9.71. The quantitative estimate of drug-likeness (QED) is 0.626. The third-order valence-corrected chi connectivity index (χ3v) is 6.21. The molecule has 2 aromatic carbocycles. The number of benzene rings is 2. The van der Waals surface area contributed by atoms with Crippen LogP contribution in [0.3, 0.4) is 0 Å². The Kier molecular flexibility index (Phi) is 7.86. The van der Waals surface area contributed by atoms with E-state index in [0.29, 0.717) is 17.9 Å². The molecule has 2 aromatic rings. The van der Waals surface area contributed by atoms with Crippen molar-refractivity contribution < 1.29 is 22.7 Å². The Morgan fingerprint density at radius 2 is 1.77 bits per heavy atom. The fourth-order valence-corrected chi connectivity index (χ4v) is 4.09. The van der Waals surface area contributed by atoms with Gasteiger partial charge in [0.1, 0.15) is 11.5 Å². The van der Waals surface area contributed by atoms with Gasteiger partial charge in [-0.15, -0.1) is 0 Å². The second-order valence-electron chi connectivity index (χ2n) is 7.39. The van der Waals surface area contributed by atoms with E-state index in [9.17, 15) is 13.2 Å². The minimum absolute atomic E-state index is 0.0374. The van der Waals surface area contributed by atoms with E-state index in [1.54, 1.807) is 13.8 Å². The van der Waals surface area contributed by atoms with Crippen LogP contribution in [0.1, 0.15) is 38.3 Å². The maximum Gasteiger partial charge on any atom is 0.265 e. The van der Waals surface area contributed by atoms with E-state index >= 15 is 0 Å². The summed E-state index contributed by atoms with van der Waals surface area (Å²) in [5.41, 5.74) is 2.47. The van der Waals surface area contributed by atoms with Crippen LogP contribution in [0, 0.1) is 13.8 Å². The summed E-state index contributed by atoms with van der Waals surface area (Å²) in [5, 5.41) is 2.74. The van der Waals surface area contributed by atoms with Crippen LogP contribution < -0.4 is 19.5 Å². The van der Waals surface area contributed by atoms with Crippen molar-refractivity contribution in [2.75, 3.05) is 12.4 Å². The van der Waals surface area contributed by atoms with Crippen molar-refractivity contribution in [2.24, 2.45) is 0 Å². The van der Waals surface area contributed by atoms with Gasteiger partial charge in [0.05, 0.1) is 17.7 Å². The van der Waals surface area contributed by atoms with Gasteiger partial charge >= 0.3 is 0 Å². The summed E-state index contributed by atoms with van der Waals surface area (Å²) in [7, 11) is -2.26. The predicted octanol–water partition coefficient (Wildman–Crippen LogP) is 3.79. The molecule has 0 aliphatic carbocycles. The van der Waals surface area contributed by atoms with Gasteiger partial charge in [0, 0.05) is 6.04 Å². The lowest BCUT2D eigenvalue weighted by Crippen LogP contribution is -2.33. The molecule has 0 saturated carbocycles. The lowest BCUT2D eigenvalue weighted by atomic mass is 10.1. The van der Waals surface area contributed by atoms with Crippen molar-refractivity contribution in [3.05, 3.63) is 47.5 Å². The zero-order valence-corrected chi connectivity index (χ0v) is 19.1. The smallest absolute Gasteiger partial charge is 0.265 e. The first kappa shape index (κ1) is 23.7. The van der Waals surface area contributed by atoms with E-state index in [0.717, 1.165) is 11.1 Å². The molecule has 0 bridgehead atoms. The highest BCUT2D eigenvalue weighted by atomic mass is 32.2. The summed E-state index contributed by atoms with van der Waals surface area (Å²) in [6.45, 7) is 9.30. The molecule has 164 valence electrons. The topological polar surface area (TPSA) is 93.7 Å². The van der Waals surface area contributed by atoms with E-state index in [-0.39, 0.29) is 22.5 Å². The second kappa shape index (κ2) is 9.95. The molecule has 0 heterocycles. The molecule has 2 N–H and O–H groups in total. The molecule has 1 atom stereocenters. The lowest BCUT2D eigenvalue weighted by molar-refractivity contribution is -0.122. The number of hydrogen-bond donors (Lipinski definition) is 2. The lowest BCUT2D eigenvalue weighted by Gasteiger charge is -2.19. The third kappa shape index (κ3) is 5.96. The molecular formula is C22H30N2O5S. The van der Waals surface area contributed by atoms with Crippen LogP contribution in [0.4, 0.5) is 5.69 Å². The van der Waals surface area contributed by atoms with Crippen LogP contribution in [-0.4, -0.2) is 33.6 Å². The van der Waals surface area contributed by atoms with Gasteiger partial charge < -0.3 is 14.8 Å². The highest BCUT2D eigenvalue weighted by Crippen LogP contribution is 2.28. The van der Waals surface area contributed by atoms with Gasteiger partial charge in [-0.1, -0.05) is 13.0 Å². The van der Waals surface area contributed by atoms with Crippen molar-refractivity contribution in [3.8, 4) is 11.5 Å². The average Bonchev–Trinajstić information content (AvgIpc) is 2.67. The standard InChI is InChI=1S/C22H30N2O5S/c1-7-20(29-17-9-8-15(4)16(5)12-17)22(25)23-19-13-18(10-11-21(19)28-6)30(26,27)24-14(2)3/h8-14,20,24H,7H2,1-6H3,(H,23,25)/t20-/m0/s1. The first-order valence-electron chi connectivity index (χ1n) is 9.82. The molecular weight excluding hydrogens is 404 g/mol. The number of rotatable bonds is 9. The fraction of sp³-hybridized carbons (Fsp3) is 0.409. The van der Waals surface area contributed by atoms with Crippen LogP contribution in [0.2, 0.25) is 0 Å². The van der Waals surface area contributed by atoms with E-state index in [2.05, 4.69) is 10.0 Å². The fourth-order valence-electron chi connectivity index (χ4n) is 2.82. The van der Waals surface area contributed by atoms with Crippen molar-refractivity contribution in [3.63, 3.8) is 0 Å². The van der Waals surface area contributed by atoms with Gasteiger partial charge in [-0.05, 0) is 75.6 Å². The number of nitrogens with one attached hydrogen (secondary N) is 2. The number of hydrogen-bond acceptors (Lipinski definition) is 5. The van der Waals surface area contributed by atoms with Crippen LogP contribution in [0.25, 0.3) is 0 Å². The Labute approximate surface area is 178 Å². The maximum absolute atomic E-state index is 12.9. The normalized spacial score (nSPS) is 12.5. The first-order chi connectivity index (χ1) is 14.1. The number of methoxy groups -OCH3 is 1. The molecule has 30 heavy (non-hydrogen) atoms. The Balaban J connectivity index is 2.26. The molecule has 0 spiro atoms. The van der Waals surface area contributed by atoms with Crippen LogP contribution >= 0.6 is 0 Å². The molecule has 0 radical (unpaired) electrons. The monoisotopic (exact) mass is 434 g/mol. The first-order valence-corrected chi connectivity index (χ1v) is 11.3. The molecule has 0 fully saturated rings. The number of amides is 1. The SMILES string of the molecule is CC[C@H](Oc1ccc(C)c(C)c1)C(=O)Nc1cc(S(=O)(=O)NC(C)C)ccc1OC. The van der Waals surface area contributed by atoms with Crippen molar-refractivity contribution in [1.29, 1.82) is 0 Å². The summed E-state index contributed by atoms with van der Waals surface area (Å²) >= 11 is 0. The largest absolute Gasteiger partial charge is 0.495 e. The molecule has 8 heteroatoms. The molecule has 0 aliphatic rings. The van der Waals surface area contributed by atoms with E-state index < -0.39 is 16.1 Å². The molecule has 0 aliphatic heterocycles. The maximum atomic E-state index is 12.9.